The van der Waals surface area contributed by atoms with E-state index < -0.39 is 0 Å². The lowest BCUT2D eigenvalue weighted by Crippen LogP contribution is -1.81. The Bertz CT molecular complexity index is 4660. The predicted octanol–water partition coefficient (Wildman–Crippen LogP) is 24.6. The lowest BCUT2D eigenvalue weighted by Gasteiger charge is -2.06. The zero-order chi connectivity index (χ0) is 68.7. The SMILES string of the molecule is Cc1cc2ccccc2c2ccccc12.Cc1ccc(C#N)cc1.Cc1ccc(F)cc1.Cc1ccc2ccccc2c1.Cc1cccc(C#N)c1.Cc1cccc(F)c1.Cc1cccc2ccccc12.Cc1ccccc1.Cc1ccccc1C#N.Cc1ccccc1F. The van der Waals surface area contributed by atoms with Gasteiger partial charge in [-0.2, -0.15) is 15.8 Å². The van der Waals surface area contributed by atoms with Gasteiger partial charge in [0.15, 0.2) is 0 Å². The molecule has 0 N–H and O–H groups in total. The van der Waals surface area contributed by atoms with Crippen LogP contribution in [0.3, 0.4) is 0 Å². The van der Waals surface area contributed by atoms with Gasteiger partial charge < -0.3 is 0 Å². The molecule has 0 bridgehead atoms. The molecule has 0 unspecified atom stereocenters. The third-order valence-electron chi connectivity index (χ3n) is 14.5. The van der Waals surface area contributed by atoms with E-state index in [1.807, 2.05) is 132 Å². The van der Waals surface area contributed by atoms with Gasteiger partial charge in [-0.25, -0.2) is 13.2 Å². The standard InChI is InChI=1S/C15H12.2C11H10.3C8H7N.3C7H7F.C7H8/c1-11-10-12-6-2-3-8-14(12)15-9-5-4-7-13(11)15;1-9-5-4-7-10-6-2-3-8-11(9)10;1-9-6-7-10-4-2-3-5-11(10)8-9;1-7-2-4-8(6-9)5-3-7;1-7-3-2-4-8(5-7)6-9;1-7-4-2-3-5-8(7)6-9;1-6-2-4-7(8)5-3-6;1-6-3-2-4-7(8)5-6;1-6-4-2-3-5-7(6)8;1-7-5-3-2-4-6-7/h2-10H,1H3;2*2-8H,1H3;3*2-5H,1H3;3*2-5H,1H3;2-6H,1H3. The summed E-state index contributed by atoms with van der Waals surface area (Å²) in [4.78, 5) is 0. The minimum absolute atomic E-state index is 0.132. The van der Waals surface area contributed by atoms with Gasteiger partial charge in [-0.15, -0.1) is 0 Å². The van der Waals surface area contributed by atoms with Gasteiger partial charge in [-0.3, -0.25) is 0 Å². The topological polar surface area (TPSA) is 71.4 Å². The minimum atomic E-state index is -0.171. The van der Waals surface area contributed by atoms with Crippen molar-refractivity contribution in [3.63, 3.8) is 0 Å². The van der Waals surface area contributed by atoms with Crippen molar-refractivity contribution < 1.29 is 13.2 Å². The number of aryl methyl sites for hydroxylation is 10. The summed E-state index contributed by atoms with van der Waals surface area (Å²) in [6.45, 7) is 20.0. The zero-order valence-corrected chi connectivity index (χ0v) is 56.0. The summed E-state index contributed by atoms with van der Waals surface area (Å²) >= 11 is 0. The number of nitrogens with zero attached hydrogens (tertiary/aromatic N) is 3. The number of hydrogen-bond donors (Lipinski definition) is 0. The van der Waals surface area contributed by atoms with Crippen LogP contribution in [0.15, 0.2) is 315 Å². The highest BCUT2D eigenvalue weighted by molar-refractivity contribution is 6.08. The van der Waals surface area contributed by atoms with Crippen molar-refractivity contribution in [2.24, 2.45) is 0 Å². The summed E-state index contributed by atoms with van der Waals surface area (Å²) in [5.41, 5.74) is 13.7. The van der Waals surface area contributed by atoms with Gasteiger partial charge in [0.25, 0.3) is 0 Å². The fraction of sp³-hybridized carbons (Fsp3) is 0.112. The van der Waals surface area contributed by atoms with Crippen LogP contribution in [0.5, 0.6) is 0 Å². The molecule has 3 nitrogen and oxygen atoms in total. The maximum absolute atomic E-state index is 12.3. The molecule has 14 rings (SSSR count). The summed E-state index contributed by atoms with van der Waals surface area (Å²) in [6.07, 6.45) is 0. The van der Waals surface area contributed by atoms with Crippen molar-refractivity contribution in [3.05, 3.63) is 405 Å². The molecule has 0 fully saturated rings. The Hall–Kier alpha value is -11.6. The molecular weight excluding hydrogens is 1170 g/mol. The second kappa shape index (κ2) is 41.0. The second-order valence-electron chi connectivity index (χ2n) is 22.5. The smallest absolute Gasteiger partial charge is 0.126 e. The molecule has 474 valence electrons. The van der Waals surface area contributed by atoms with Crippen LogP contribution in [-0.4, -0.2) is 0 Å². The molecule has 0 heterocycles. The maximum atomic E-state index is 12.3. The van der Waals surface area contributed by atoms with Crippen LogP contribution in [0.4, 0.5) is 13.2 Å². The molecule has 0 amide bonds. The summed E-state index contributed by atoms with van der Waals surface area (Å²) in [6, 6.07) is 108. The van der Waals surface area contributed by atoms with Gasteiger partial charge in [0, 0.05) is 0 Å². The van der Waals surface area contributed by atoms with Crippen molar-refractivity contribution in [1.82, 2.24) is 0 Å². The number of benzene rings is 14. The first-order valence-corrected chi connectivity index (χ1v) is 31.2. The summed E-state index contributed by atoms with van der Waals surface area (Å²) in [7, 11) is 0. The van der Waals surface area contributed by atoms with E-state index in [0.29, 0.717) is 5.56 Å². The van der Waals surface area contributed by atoms with Crippen LogP contribution in [0.1, 0.15) is 72.3 Å². The third kappa shape index (κ3) is 27.4. The van der Waals surface area contributed by atoms with E-state index in [1.165, 1.54) is 101 Å². The molecule has 0 radical (unpaired) electrons. The van der Waals surface area contributed by atoms with E-state index in [2.05, 4.69) is 198 Å². The Morgan fingerprint density at radius 3 is 1.15 bits per heavy atom. The maximum Gasteiger partial charge on any atom is 0.126 e. The van der Waals surface area contributed by atoms with E-state index in [0.717, 1.165) is 38.9 Å². The van der Waals surface area contributed by atoms with Gasteiger partial charge in [0.1, 0.15) is 17.5 Å². The van der Waals surface area contributed by atoms with Crippen LogP contribution in [0.2, 0.25) is 0 Å². The predicted molar refractivity (Wildman–Crippen MR) is 396 cm³/mol. The van der Waals surface area contributed by atoms with Gasteiger partial charge in [-0.1, -0.05) is 277 Å². The molecule has 0 spiro atoms. The first-order valence-electron chi connectivity index (χ1n) is 31.2. The van der Waals surface area contributed by atoms with Gasteiger partial charge >= 0.3 is 0 Å². The van der Waals surface area contributed by atoms with Crippen LogP contribution < -0.4 is 0 Å². The molecule has 0 aliphatic carbocycles. The fourth-order valence-electron chi connectivity index (χ4n) is 9.20. The molecule has 0 atom stereocenters. The number of nitriles is 3. The number of halogens is 3. The Balaban J connectivity index is 0.000000193. The molecule has 0 aromatic heterocycles. The van der Waals surface area contributed by atoms with Crippen LogP contribution in [0.25, 0.3) is 43.1 Å². The van der Waals surface area contributed by atoms with Crippen molar-refractivity contribution in [1.29, 1.82) is 15.8 Å². The number of hydrogen-bond acceptors (Lipinski definition) is 3. The van der Waals surface area contributed by atoms with E-state index in [1.54, 1.807) is 43.3 Å². The van der Waals surface area contributed by atoms with E-state index in [9.17, 15) is 13.2 Å². The second-order valence-corrected chi connectivity index (χ2v) is 22.5. The average molecular weight is 1250 g/mol. The van der Waals surface area contributed by atoms with E-state index in [4.69, 9.17) is 15.8 Å². The molecule has 0 saturated heterocycles. The first-order chi connectivity index (χ1) is 45.9. The lowest BCUT2D eigenvalue weighted by atomic mass is 9.98. The number of rotatable bonds is 0. The first kappa shape index (κ1) is 74.1. The normalized spacial score (nSPS) is 9.49. The van der Waals surface area contributed by atoms with Crippen molar-refractivity contribution >= 4 is 43.1 Å². The van der Waals surface area contributed by atoms with Gasteiger partial charge in [0.2, 0.25) is 0 Å². The molecule has 14 aromatic carbocycles. The van der Waals surface area contributed by atoms with Crippen LogP contribution >= 0.6 is 0 Å². The largest absolute Gasteiger partial charge is 0.207 e. The molecule has 0 saturated carbocycles. The van der Waals surface area contributed by atoms with Gasteiger partial charge in [-0.05, 0) is 206 Å². The van der Waals surface area contributed by atoms with E-state index in [-0.39, 0.29) is 17.5 Å². The molecular formula is C89H82F3N3. The summed E-state index contributed by atoms with van der Waals surface area (Å²) in [5, 5.41) is 36.0. The lowest BCUT2D eigenvalue weighted by molar-refractivity contribution is 0.618. The Morgan fingerprint density at radius 1 is 0.221 bits per heavy atom. The summed E-state index contributed by atoms with van der Waals surface area (Å²) < 4.78 is 36.6. The van der Waals surface area contributed by atoms with Crippen molar-refractivity contribution in [2.75, 3.05) is 0 Å². The Morgan fingerprint density at radius 2 is 0.653 bits per heavy atom. The third-order valence-corrected chi connectivity index (χ3v) is 14.5. The molecule has 0 aliphatic heterocycles. The van der Waals surface area contributed by atoms with E-state index >= 15 is 0 Å². The van der Waals surface area contributed by atoms with Crippen molar-refractivity contribution in [3.8, 4) is 18.2 Å². The number of fused-ring (bicyclic) bond motifs is 5. The molecule has 95 heavy (non-hydrogen) atoms. The minimum Gasteiger partial charge on any atom is -0.207 e. The van der Waals surface area contributed by atoms with Crippen LogP contribution in [0, 0.1) is 121 Å². The molecule has 6 heteroatoms. The molecule has 0 aliphatic rings. The molecule has 14 aromatic rings. The summed E-state index contributed by atoms with van der Waals surface area (Å²) in [5.74, 6) is -0.465. The zero-order valence-electron chi connectivity index (χ0n) is 56.0. The fourth-order valence-corrected chi connectivity index (χ4v) is 9.20. The Kier molecular flexibility index (Phi) is 32.0. The highest BCUT2D eigenvalue weighted by Crippen LogP contribution is 2.28. The highest BCUT2D eigenvalue weighted by atomic mass is 19.1. The van der Waals surface area contributed by atoms with Crippen molar-refractivity contribution in [2.45, 2.75) is 69.2 Å². The Labute approximate surface area is 561 Å². The average Bonchev–Trinajstić information content (AvgIpc) is 0.803. The monoisotopic (exact) mass is 1250 g/mol. The van der Waals surface area contributed by atoms with Crippen LogP contribution in [-0.2, 0) is 0 Å². The highest BCUT2D eigenvalue weighted by Gasteiger charge is 2.02. The quantitative estimate of drug-likeness (QED) is 0.142. The van der Waals surface area contributed by atoms with Gasteiger partial charge in [0.05, 0.1) is 34.9 Å².